The summed E-state index contributed by atoms with van der Waals surface area (Å²) >= 11 is 0. The molecule has 62 heavy (non-hydrogen) atoms. The highest BCUT2D eigenvalue weighted by Gasteiger charge is 2.50. The zero-order valence-corrected chi connectivity index (χ0v) is 31.7. The topological polar surface area (TPSA) is 348 Å². The Hall–Kier alpha value is -6.04. The van der Waals surface area contributed by atoms with Crippen LogP contribution in [0.3, 0.4) is 0 Å². The SMILES string of the molecule is O=C(O)c1cc(O)c2c(c1)[C@H]([C@H]1c3cc(C(=O)O)cc(O)c3C(=O)c3c(O[C@@H]4O[C@H](CO)[C@@H](O)[C@@H](O)[C@@H]4O)cccc31)c1cccc(O[C@@H]3O[C@H](CO)[C@@H](O)[C@@H](O)[C@@H]3O)c1C2=O. The molecule has 0 unspecified atom stereocenters. The number of hydrogen-bond acceptors (Lipinski definition) is 18. The van der Waals surface area contributed by atoms with Gasteiger partial charge in [0.2, 0.25) is 24.1 Å². The van der Waals surface area contributed by atoms with Gasteiger partial charge in [-0.05, 0) is 58.7 Å². The lowest BCUT2D eigenvalue weighted by atomic mass is 9.63. The molecule has 4 aliphatic rings. The third-order valence-corrected chi connectivity index (χ3v) is 11.7. The van der Waals surface area contributed by atoms with Crippen LogP contribution in [0, 0.1) is 0 Å². The van der Waals surface area contributed by atoms with E-state index < -0.39 is 144 Å². The van der Waals surface area contributed by atoms with Crippen molar-refractivity contribution in [1.82, 2.24) is 0 Å². The largest absolute Gasteiger partial charge is 0.507 e. The van der Waals surface area contributed by atoms with Crippen LogP contribution < -0.4 is 9.47 Å². The van der Waals surface area contributed by atoms with E-state index in [1.54, 1.807) is 0 Å². The summed E-state index contributed by atoms with van der Waals surface area (Å²) in [6.45, 7) is -1.64. The van der Waals surface area contributed by atoms with Crippen LogP contribution in [-0.4, -0.2) is 159 Å². The molecule has 2 saturated heterocycles. The number of carbonyl (C=O) groups is 4. The summed E-state index contributed by atoms with van der Waals surface area (Å²) in [6, 6.07) is 11.9. The van der Waals surface area contributed by atoms with Gasteiger partial charge in [0, 0.05) is 11.8 Å². The summed E-state index contributed by atoms with van der Waals surface area (Å²) in [6.07, 6.45) is -17.7. The van der Waals surface area contributed by atoms with Crippen LogP contribution >= 0.6 is 0 Å². The number of aromatic hydroxyl groups is 2. The zero-order chi connectivity index (χ0) is 44.6. The van der Waals surface area contributed by atoms with Crippen LogP contribution in [0.15, 0.2) is 60.7 Å². The molecule has 12 N–H and O–H groups in total. The summed E-state index contributed by atoms with van der Waals surface area (Å²) in [5.41, 5.74) is -2.87. The fourth-order valence-corrected chi connectivity index (χ4v) is 8.71. The number of rotatable bonds is 9. The summed E-state index contributed by atoms with van der Waals surface area (Å²) in [5.74, 6) is -10.1. The zero-order valence-electron chi connectivity index (χ0n) is 31.7. The van der Waals surface area contributed by atoms with Gasteiger partial charge in [0.05, 0.1) is 46.6 Å². The molecule has 0 aromatic heterocycles. The van der Waals surface area contributed by atoms with Gasteiger partial charge in [0.15, 0.2) is 0 Å². The molecule has 2 fully saturated rings. The van der Waals surface area contributed by atoms with Gasteiger partial charge in [0.1, 0.15) is 71.8 Å². The number of fused-ring (bicyclic) bond motifs is 4. The highest BCUT2D eigenvalue weighted by atomic mass is 16.7. The Morgan fingerprint density at radius 2 is 0.887 bits per heavy atom. The number of carboxylic acid groups (broad SMARTS) is 2. The molecule has 4 aromatic carbocycles. The van der Waals surface area contributed by atoms with Gasteiger partial charge in [-0.25, -0.2) is 9.59 Å². The Kier molecular flexibility index (Phi) is 11.0. The molecule has 20 nitrogen and oxygen atoms in total. The number of hydrogen-bond donors (Lipinski definition) is 12. The number of carbonyl (C=O) groups excluding carboxylic acids is 2. The monoisotopic (exact) mass is 862 g/mol. The first kappa shape index (κ1) is 42.6. The molecule has 0 bridgehead atoms. The molecule has 2 aliphatic carbocycles. The number of phenolic OH excluding ortho intramolecular Hbond substituents is 2. The summed E-state index contributed by atoms with van der Waals surface area (Å²) in [7, 11) is 0. The highest BCUT2D eigenvalue weighted by molar-refractivity contribution is 6.18. The number of aliphatic hydroxyl groups excluding tert-OH is 8. The first-order valence-corrected chi connectivity index (χ1v) is 19.0. The van der Waals surface area contributed by atoms with E-state index >= 15 is 0 Å². The van der Waals surface area contributed by atoms with E-state index in [4.69, 9.17) is 18.9 Å². The second-order valence-electron chi connectivity index (χ2n) is 15.2. The van der Waals surface area contributed by atoms with Crippen LogP contribution in [0.2, 0.25) is 0 Å². The molecule has 4 aromatic rings. The number of carboxylic acids is 2. The lowest BCUT2D eigenvalue weighted by Crippen LogP contribution is -2.60. The van der Waals surface area contributed by atoms with E-state index in [1.165, 1.54) is 36.4 Å². The van der Waals surface area contributed by atoms with Gasteiger partial charge in [-0.1, -0.05) is 24.3 Å². The maximum atomic E-state index is 14.7. The third kappa shape index (κ3) is 6.73. The fourth-order valence-electron chi connectivity index (χ4n) is 8.71. The van der Waals surface area contributed by atoms with Crippen molar-refractivity contribution in [2.75, 3.05) is 13.2 Å². The number of benzene rings is 4. The number of ether oxygens (including phenoxy) is 4. The standard InChI is InChI=1S/C42H38O20/c43-11-23-31(47)35(51)37(53)41(61-23)59-21-5-1-3-15-25(17-7-13(39(55)56)9-19(45)27(17)33(49)29(15)21)26-16-4-2-6-22(60-42-38(54)36(52)32(48)24(12-44)62-42)30(16)34(50)28-18(26)8-14(40(57)58)10-20(28)46/h1-10,23-26,31-32,35-38,41-48,51-54H,11-12H2,(H,55,56)(H,57,58)/t23-,24-,25-,26-,31-,32-,35-,36-,37+,38+,41-,42-/m1/s1. The van der Waals surface area contributed by atoms with Gasteiger partial charge < -0.3 is 80.2 Å². The lowest BCUT2D eigenvalue weighted by molar-refractivity contribution is -0.277. The number of phenols is 2. The second kappa shape index (κ2) is 16.0. The normalized spacial score (nSPS) is 30.1. The molecule has 12 atom stereocenters. The number of aliphatic hydroxyl groups is 8. The highest BCUT2D eigenvalue weighted by Crippen LogP contribution is 2.56. The first-order valence-electron chi connectivity index (χ1n) is 19.0. The average Bonchev–Trinajstić information content (AvgIpc) is 3.24. The summed E-state index contributed by atoms with van der Waals surface area (Å²) in [5, 5.41) is 126. The molecular formula is C42H38O20. The Labute approximate surface area is 348 Å². The first-order chi connectivity index (χ1) is 29.5. The van der Waals surface area contributed by atoms with E-state index in [-0.39, 0.29) is 44.9 Å². The van der Waals surface area contributed by atoms with Crippen molar-refractivity contribution in [2.24, 2.45) is 0 Å². The van der Waals surface area contributed by atoms with Crippen LogP contribution in [0.4, 0.5) is 0 Å². The van der Waals surface area contributed by atoms with Crippen molar-refractivity contribution in [1.29, 1.82) is 0 Å². The number of aromatic carboxylic acids is 2. The minimum atomic E-state index is -1.94. The van der Waals surface area contributed by atoms with Crippen LogP contribution in [0.1, 0.15) is 86.6 Å². The second-order valence-corrected chi connectivity index (χ2v) is 15.2. The van der Waals surface area contributed by atoms with Crippen molar-refractivity contribution in [3.05, 3.63) is 116 Å². The Morgan fingerprint density at radius 3 is 1.23 bits per heavy atom. The van der Waals surface area contributed by atoms with Crippen LogP contribution in [-0.2, 0) is 9.47 Å². The van der Waals surface area contributed by atoms with Gasteiger partial charge in [0.25, 0.3) is 0 Å². The van der Waals surface area contributed by atoms with Crippen molar-refractivity contribution >= 4 is 23.5 Å². The molecule has 0 spiro atoms. The van der Waals surface area contributed by atoms with E-state index in [0.717, 1.165) is 24.3 Å². The lowest BCUT2D eigenvalue weighted by Gasteiger charge is -2.41. The molecular weight excluding hydrogens is 824 g/mol. The predicted molar refractivity (Wildman–Crippen MR) is 202 cm³/mol. The third-order valence-electron chi connectivity index (χ3n) is 11.7. The van der Waals surface area contributed by atoms with Crippen LogP contribution in [0.5, 0.6) is 23.0 Å². The summed E-state index contributed by atoms with van der Waals surface area (Å²) in [4.78, 5) is 54.2. The van der Waals surface area contributed by atoms with E-state index in [0.29, 0.717) is 0 Å². The molecule has 0 amide bonds. The van der Waals surface area contributed by atoms with Gasteiger partial charge >= 0.3 is 11.9 Å². The Bertz CT molecular complexity index is 2330. The number of ketones is 2. The fraction of sp³-hybridized carbons (Fsp3) is 0.333. The molecule has 8 rings (SSSR count). The Morgan fingerprint density at radius 1 is 0.516 bits per heavy atom. The van der Waals surface area contributed by atoms with E-state index in [9.17, 15) is 80.5 Å². The molecule has 0 saturated carbocycles. The minimum absolute atomic E-state index is 0.00301. The smallest absolute Gasteiger partial charge is 0.335 e. The van der Waals surface area contributed by atoms with Crippen molar-refractivity contribution in [3.63, 3.8) is 0 Å². The van der Waals surface area contributed by atoms with E-state index in [2.05, 4.69) is 0 Å². The van der Waals surface area contributed by atoms with Gasteiger partial charge in [-0.2, -0.15) is 0 Å². The van der Waals surface area contributed by atoms with Crippen molar-refractivity contribution < 1.29 is 99.4 Å². The average molecular weight is 863 g/mol. The quantitative estimate of drug-likeness (QED) is 0.0950. The molecule has 2 aliphatic heterocycles. The van der Waals surface area contributed by atoms with E-state index in [1.807, 2.05) is 0 Å². The van der Waals surface area contributed by atoms with Gasteiger partial charge in [-0.15, -0.1) is 0 Å². The Balaban J connectivity index is 1.38. The van der Waals surface area contributed by atoms with Crippen LogP contribution in [0.25, 0.3) is 0 Å². The van der Waals surface area contributed by atoms with Gasteiger partial charge in [-0.3, -0.25) is 9.59 Å². The maximum absolute atomic E-state index is 14.7. The molecule has 20 heteroatoms. The van der Waals surface area contributed by atoms with Crippen molar-refractivity contribution in [2.45, 2.75) is 73.2 Å². The van der Waals surface area contributed by atoms with Crippen molar-refractivity contribution in [3.8, 4) is 23.0 Å². The minimum Gasteiger partial charge on any atom is -0.507 e. The summed E-state index contributed by atoms with van der Waals surface area (Å²) < 4.78 is 23.0. The predicted octanol–water partition coefficient (Wildman–Crippen LogP) is -1.10. The molecule has 0 radical (unpaired) electrons. The molecule has 2 heterocycles. The maximum Gasteiger partial charge on any atom is 0.335 e. The molecule has 326 valence electrons.